The van der Waals surface area contributed by atoms with E-state index in [0.29, 0.717) is 18.2 Å². The number of pyridine rings is 1. The van der Waals surface area contributed by atoms with Crippen LogP contribution in [0.1, 0.15) is 5.56 Å². The maximum absolute atomic E-state index is 5.66. The van der Waals surface area contributed by atoms with Crippen LogP contribution in [0.3, 0.4) is 0 Å². The average Bonchev–Trinajstić information content (AvgIpc) is 2.40. The van der Waals surface area contributed by atoms with Gasteiger partial charge in [0.15, 0.2) is 0 Å². The molecule has 0 aliphatic rings. The summed E-state index contributed by atoms with van der Waals surface area (Å²) in [6.07, 6.45) is 1.64. The lowest BCUT2D eigenvalue weighted by Gasteiger charge is -2.07. The van der Waals surface area contributed by atoms with Gasteiger partial charge in [0.2, 0.25) is 5.88 Å². The second kappa shape index (κ2) is 5.32. The maximum Gasteiger partial charge on any atom is 0.216 e. The summed E-state index contributed by atoms with van der Waals surface area (Å²) in [7, 11) is 1.57. The van der Waals surface area contributed by atoms with E-state index >= 15 is 0 Å². The smallest absolute Gasteiger partial charge is 0.216 e. The molecule has 0 saturated carbocycles. The first-order valence-corrected chi connectivity index (χ1v) is 5.28. The molecule has 0 bridgehead atoms. The largest absolute Gasteiger partial charge is 0.481 e. The fourth-order valence-corrected chi connectivity index (χ4v) is 1.40. The molecule has 0 spiro atoms. The van der Waals surface area contributed by atoms with E-state index < -0.39 is 0 Å². The molecule has 4 heteroatoms. The summed E-state index contributed by atoms with van der Waals surface area (Å²) in [5.74, 6) is 1.98. The SMILES string of the molecule is COc1cc(Oc2ccc(CN)cc2)ccn1. The Kier molecular flexibility index (Phi) is 3.57. The van der Waals surface area contributed by atoms with Crippen LogP contribution >= 0.6 is 0 Å². The maximum atomic E-state index is 5.66. The molecule has 1 aromatic heterocycles. The van der Waals surface area contributed by atoms with Crippen LogP contribution in [0.5, 0.6) is 17.4 Å². The van der Waals surface area contributed by atoms with Crippen LogP contribution < -0.4 is 15.2 Å². The second-order valence-corrected chi connectivity index (χ2v) is 3.48. The van der Waals surface area contributed by atoms with Crippen LogP contribution in [-0.2, 0) is 6.54 Å². The first kappa shape index (κ1) is 11.4. The summed E-state index contributed by atoms with van der Waals surface area (Å²) in [6, 6.07) is 11.2. The van der Waals surface area contributed by atoms with E-state index in [2.05, 4.69) is 4.98 Å². The third-order valence-electron chi connectivity index (χ3n) is 2.31. The minimum absolute atomic E-state index is 0.529. The van der Waals surface area contributed by atoms with E-state index in [0.717, 1.165) is 11.3 Å². The Balaban J connectivity index is 2.13. The summed E-state index contributed by atoms with van der Waals surface area (Å²) < 4.78 is 10.7. The summed E-state index contributed by atoms with van der Waals surface area (Å²) in [5, 5.41) is 0. The van der Waals surface area contributed by atoms with Crippen molar-refractivity contribution in [3.8, 4) is 17.4 Å². The van der Waals surface area contributed by atoms with E-state index in [1.165, 1.54) is 0 Å². The number of ether oxygens (including phenoxy) is 2. The Labute approximate surface area is 100 Å². The minimum Gasteiger partial charge on any atom is -0.481 e. The molecule has 0 fully saturated rings. The molecule has 4 nitrogen and oxygen atoms in total. The summed E-state index contributed by atoms with van der Waals surface area (Å²) in [6.45, 7) is 0.531. The molecule has 2 N–H and O–H groups in total. The van der Waals surface area contributed by atoms with Crippen LogP contribution in [-0.4, -0.2) is 12.1 Å². The van der Waals surface area contributed by atoms with E-state index in [1.807, 2.05) is 24.3 Å². The molecular weight excluding hydrogens is 216 g/mol. The molecule has 0 atom stereocenters. The Morgan fingerprint density at radius 1 is 1.12 bits per heavy atom. The van der Waals surface area contributed by atoms with Crippen molar-refractivity contribution >= 4 is 0 Å². The van der Waals surface area contributed by atoms with Gasteiger partial charge in [0.25, 0.3) is 0 Å². The molecule has 0 radical (unpaired) electrons. The molecule has 2 aromatic rings. The highest BCUT2D eigenvalue weighted by atomic mass is 16.5. The van der Waals surface area contributed by atoms with Gasteiger partial charge >= 0.3 is 0 Å². The van der Waals surface area contributed by atoms with E-state index in [1.54, 1.807) is 25.4 Å². The fraction of sp³-hybridized carbons (Fsp3) is 0.154. The van der Waals surface area contributed by atoms with Crippen molar-refractivity contribution in [2.75, 3.05) is 7.11 Å². The predicted octanol–water partition coefficient (Wildman–Crippen LogP) is 2.34. The number of benzene rings is 1. The van der Waals surface area contributed by atoms with Gasteiger partial charge in [-0.2, -0.15) is 0 Å². The van der Waals surface area contributed by atoms with Crippen molar-refractivity contribution in [2.24, 2.45) is 5.73 Å². The van der Waals surface area contributed by atoms with Crippen LogP contribution in [0.15, 0.2) is 42.6 Å². The Bertz CT molecular complexity index is 483. The first-order valence-electron chi connectivity index (χ1n) is 5.28. The number of nitrogens with two attached hydrogens (primary N) is 1. The minimum atomic E-state index is 0.529. The zero-order valence-corrected chi connectivity index (χ0v) is 9.59. The van der Waals surface area contributed by atoms with Gasteiger partial charge in [-0.15, -0.1) is 0 Å². The standard InChI is InChI=1S/C13H14N2O2/c1-16-13-8-12(6-7-15-13)17-11-4-2-10(9-14)3-5-11/h2-8H,9,14H2,1H3. The van der Waals surface area contributed by atoms with Gasteiger partial charge in [0.1, 0.15) is 11.5 Å². The molecule has 17 heavy (non-hydrogen) atoms. The third kappa shape index (κ3) is 2.95. The Hall–Kier alpha value is -2.07. The highest BCUT2D eigenvalue weighted by Crippen LogP contribution is 2.23. The summed E-state index contributed by atoms with van der Waals surface area (Å²) in [4.78, 5) is 4.01. The van der Waals surface area contributed by atoms with Crippen molar-refractivity contribution in [2.45, 2.75) is 6.54 Å². The lowest BCUT2D eigenvalue weighted by atomic mass is 10.2. The van der Waals surface area contributed by atoms with Gasteiger partial charge in [0, 0.05) is 18.8 Å². The van der Waals surface area contributed by atoms with Gasteiger partial charge in [-0.25, -0.2) is 4.98 Å². The molecule has 88 valence electrons. The molecule has 0 saturated heterocycles. The molecule has 1 aromatic carbocycles. The van der Waals surface area contributed by atoms with Crippen molar-refractivity contribution < 1.29 is 9.47 Å². The number of hydrogen-bond acceptors (Lipinski definition) is 4. The summed E-state index contributed by atoms with van der Waals surface area (Å²) >= 11 is 0. The zero-order chi connectivity index (χ0) is 12.1. The topological polar surface area (TPSA) is 57.4 Å². The number of aromatic nitrogens is 1. The number of nitrogens with zero attached hydrogens (tertiary/aromatic N) is 1. The highest BCUT2D eigenvalue weighted by molar-refractivity contribution is 5.34. The van der Waals surface area contributed by atoms with Crippen LogP contribution in [0.25, 0.3) is 0 Å². The average molecular weight is 230 g/mol. The van der Waals surface area contributed by atoms with Crippen molar-refractivity contribution in [1.82, 2.24) is 4.98 Å². The highest BCUT2D eigenvalue weighted by Gasteiger charge is 2.00. The third-order valence-corrected chi connectivity index (χ3v) is 2.31. The van der Waals surface area contributed by atoms with Crippen molar-refractivity contribution in [3.05, 3.63) is 48.2 Å². The normalized spacial score (nSPS) is 10.0. The van der Waals surface area contributed by atoms with Crippen molar-refractivity contribution in [3.63, 3.8) is 0 Å². The molecule has 1 heterocycles. The molecule has 0 aliphatic carbocycles. The Morgan fingerprint density at radius 3 is 2.53 bits per heavy atom. The van der Waals surface area contributed by atoms with Gasteiger partial charge in [0.05, 0.1) is 7.11 Å². The molecular formula is C13H14N2O2. The molecule has 2 rings (SSSR count). The van der Waals surface area contributed by atoms with E-state index in [-0.39, 0.29) is 0 Å². The fourth-order valence-electron chi connectivity index (χ4n) is 1.40. The van der Waals surface area contributed by atoms with E-state index in [9.17, 15) is 0 Å². The molecule has 0 amide bonds. The van der Waals surface area contributed by atoms with Gasteiger partial charge in [-0.1, -0.05) is 12.1 Å². The van der Waals surface area contributed by atoms with Gasteiger partial charge in [-0.3, -0.25) is 0 Å². The first-order chi connectivity index (χ1) is 8.31. The molecule has 0 unspecified atom stereocenters. The number of methoxy groups -OCH3 is 1. The zero-order valence-electron chi connectivity index (χ0n) is 9.59. The number of hydrogen-bond donors (Lipinski definition) is 1. The lowest BCUT2D eigenvalue weighted by molar-refractivity contribution is 0.392. The quantitative estimate of drug-likeness (QED) is 0.875. The monoisotopic (exact) mass is 230 g/mol. The van der Waals surface area contributed by atoms with Crippen LogP contribution in [0.4, 0.5) is 0 Å². The molecule has 0 aliphatic heterocycles. The van der Waals surface area contributed by atoms with Crippen LogP contribution in [0.2, 0.25) is 0 Å². The van der Waals surface area contributed by atoms with Crippen LogP contribution in [0, 0.1) is 0 Å². The van der Waals surface area contributed by atoms with Crippen molar-refractivity contribution in [1.29, 1.82) is 0 Å². The van der Waals surface area contributed by atoms with Gasteiger partial charge in [-0.05, 0) is 23.8 Å². The van der Waals surface area contributed by atoms with Gasteiger partial charge < -0.3 is 15.2 Å². The van der Waals surface area contributed by atoms with E-state index in [4.69, 9.17) is 15.2 Å². The Morgan fingerprint density at radius 2 is 1.88 bits per heavy atom. The second-order valence-electron chi connectivity index (χ2n) is 3.48. The summed E-state index contributed by atoms with van der Waals surface area (Å²) in [5.41, 5.74) is 6.60. The predicted molar refractivity (Wildman–Crippen MR) is 65.2 cm³/mol. The number of rotatable bonds is 4. The lowest BCUT2D eigenvalue weighted by Crippen LogP contribution is -1.95.